The first-order valence-electron chi connectivity index (χ1n) is 10.1. The molecule has 2 bridgehead atoms. The third-order valence-corrected chi connectivity index (χ3v) is 6.46. The number of aromatic nitrogens is 1. The van der Waals surface area contributed by atoms with Crippen molar-refractivity contribution >= 4 is 22.8 Å². The fourth-order valence-corrected chi connectivity index (χ4v) is 5.20. The van der Waals surface area contributed by atoms with Crippen LogP contribution in [0.5, 0.6) is 0 Å². The van der Waals surface area contributed by atoms with Crippen LogP contribution in [0.1, 0.15) is 44.5 Å². The van der Waals surface area contributed by atoms with Crippen LogP contribution in [0.2, 0.25) is 0 Å². The van der Waals surface area contributed by atoms with Gasteiger partial charge in [-0.1, -0.05) is 31.5 Å². The van der Waals surface area contributed by atoms with Crippen molar-refractivity contribution in [3.8, 4) is 0 Å². The molecule has 0 saturated carbocycles. The van der Waals surface area contributed by atoms with E-state index in [1.807, 2.05) is 12.1 Å². The van der Waals surface area contributed by atoms with Gasteiger partial charge in [0, 0.05) is 31.2 Å². The molecule has 1 aromatic carbocycles. The second-order valence-electron chi connectivity index (χ2n) is 7.88. The maximum Gasteiger partial charge on any atom is 0.329 e. The zero-order valence-corrected chi connectivity index (χ0v) is 16.8. The second kappa shape index (κ2) is 7.59. The molecule has 2 aliphatic heterocycles. The van der Waals surface area contributed by atoms with Gasteiger partial charge >= 0.3 is 11.9 Å². The van der Waals surface area contributed by atoms with Crippen LogP contribution >= 0.6 is 0 Å². The molecule has 3 heterocycles. The van der Waals surface area contributed by atoms with Crippen molar-refractivity contribution < 1.29 is 19.1 Å². The summed E-state index contributed by atoms with van der Waals surface area (Å²) in [4.78, 5) is 26.5. The number of benzene rings is 1. The standard InChI is InChI=1S/C22H28N2O4/c1-4-15-13-23(9-10-28-14(2)25)19-12-17(15)21(22(26)27-3)24-18-8-6-5-7-16(18)11-20(19)24/h5-8,11,15,17,19,21H,4,9-10,12-13H2,1-3H3/t15-,17+,19+,21-/m1/s1. The number of carbonyl (C=O) groups excluding carboxylic acids is 2. The van der Waals surface area contributed by atoms with Crippen molar-refractivity contribution in [2.75, 3.05) is 26.8 Å². The molecule has 28 heavy (non-hydrogen) atoms. The van der Waals surface area contributed by atoms with Crippen molar-refractivity contribution in [2.45, 2.75) is 38.8 Å². The largest absolute Gasteiger partial charge is 0.467 e. The van der Waals surface area contributed by atoms with E-state index in [1.165, 1.54) is 14.0 Å². The molecule has 0 radical (unpaired) electrons. The van der Waals surface area contributed by atoms with E-state index in [9.17, 15) is 9.59 Å². The second-order valence-corrected chi connectivity index (χ2v) is 7.88. The maximum atomic E-state index is 12.8. The number of esters is 2. The Morgan fingerprint density at radius 3 is 2.75 bits per heavy atom. The van der Waals surface area contributed by atoms with Gasteiger partial charge in [-0.3, -0.25) is 9.69 Å². The number of nitrogens with zero attached hydrogens (tertiary/aromatic N) is 2. The molecule has 6 heteroatoms. The number of ether oxygens (including phenoxy) is 2. The molecular weight excluding hydrogens is 356 g/mol. The van der Waals surface area contributed by atoms with Gasteiger partial charge in [-0.2, -0.15) is 0 Å². The average Bonchev–Trinajstić information content (AvgIpc) is 3.08. The summed E-state index contributed by atoms with van der Waals surface area (Å²) >= 11 is 0. The van der Waals surface area contributed by atoms with Crippen molar-refractivity contribution in [1.82, 2.24) is 9.47 Å². The lowest BCUT2D eigenvalue weighted by molar-refractivity contribution is -0.151. The van der Waals surface area contributed by atoms with Crippen molar-refractivity contribution in [3.05, 3.63) is 36.0 Å². The van der Waals surface area contributed by atoms with Gasteiger partial charge in [0.15, 0.2) is 0 Å². The summed E-state index contributed by atoms with van der Waals surface area (Å²) in [5.74, 6) is 0.242. The number of rotatable bonds is 5. The van der Waals surface area contributed by atoms with Gasteiger partial charge in [-0.25, -0.2) is 4.79 Å². The molecule has 2 aliphatic rings. The first-order valence-corrected chi connectivity index (χ1v) is 10.1. The van der Waals surface area contributed by atoms with Crippen molar-refractivity contribution in [3.63, 3.8) is 0 Å². The molecule has 0 N–H and O–H groups in total. The highest BCUT2D eigenvalue weighted by molar-refractivity contribution is 5.85. The van der Waals surface area contributed by atoms with Crippen LogP contribution in [0.4, 0.5) is 0 Å². The third kappa shape index (κ3) is 3.09. The number of piperidine rings is 1. The van der Waals surface area contributed by atoms with Crippen molar-refractivity contribution in [1.29, 1.82) is 0 Å². The highest BCUT2D eigenvalue weighted by Crippen LogP contribution is 2.50. The van der Waals surface area contributed by atoms with E-state index in [1.54, 1.807) is 0 Å². The smallest absolute Gasteiger partial charge is 0.329 e. The zero-order chi connectivity index (χ0) is 19.8. The fraction of sp³-hybridized carbons (Fsp3) is 0.545. The minimum absolute atomic E-state index is 0.155. The molecule has 0 unspecified atom stereocenters. The average molecular weight is 384 g/mol. The normalized spacial score (nSPS) is 26.7. The topological polar surface area (TPSA) is 60.8 Å². The van der Waals surface area contributed by atoms with Gasteiger partial charge < -0.3 is 14.0 Å². The lowest BCUT2D eigenvalue weighted by Gasteiger charge is -2.50. The number of likely N-dealkylation sites (tertiary alicyclic amines) is 1. The van der Waals surface area contributed by atoms with Crippen LogP contribution in [0.3, 0.4) is 0 Å². The molecule has 1 saturated heterocycles. The molecule has 2 aromatic rings. The summed E-state index contributed by atoms with van der Waals surface area (Å²) in [5, 5.41) is 1.15. The fourth-order valence-electron chi connectivity index (χ4n) is 5.20. The highest BCUT2D eigenvalue weighted by atomic mass is 16.5. The monoisotopic (exact) mass is 384 g/mol. The van der Waals surface area contributed by atoms with Crippen LogP contribution in [-0.2, 0) is 19.1 Å². The molecule has 0 amide bonds. The van der Waals surface area contributed by atoms with E-state index in [2.05, 4.69) is 34.6 Å². The maximum absolute atomic E-state index is 12.8. The summed E-state index contributed by atoms with van der Waals surface area (Å²) in [6.45, 7) is 5.64. The first kappa shape index (κ1) is 19.0. The Hall–Kier alpha value is -2.34. The first-order chi connectivity index (χ1) is 13.5. The predicted octanol–water partition coefficient (Wildman–Crippen LogP) is 3.32. The minimum atomic E-state index is -0.281. The van der Waals surface area contributed by atoms with E-state index in [0.29, 0.717) is 19.1 Å². The Kier molecular flexibility index (Phi) is 5.15. The predicted molar refractivity (Wildman–Crippen MR) is 106 cm³/mol. The molecule has 4 atom stereocenters. The van der Waals surface area contributed by atoms with Crippen LogP contribution in [0.15, 0.2) is 30.3 Å². The van der Waals surface area contributed by atoms with Gasteiger partial charge in [-0.05, 0) is 35.8 Å². The van der Waals surface area contributed by atoms with Gasteiger partial charge in [-0.15, -0.1) is 0 Å². The SMILES string of the molecule is CC[C@@H]1CN(CCOC(C)=O)[C@H]2C[C@@H]1[C@H](C(=O)OC)n1c2cc2ccccc21. The molecule has 150 valence electrons. The molecular formula is C22H28N2O4. The summed E-state index contributed by atoms with van der Waals surface area (Å²) in [5.41, 5.74) is 2.24. The number of carbonyl (C=O) groups is 2. The van der Waals surface area contributed by atoms with Gasteiger partial charge in [0.2, 0.25) is 0 Å². The van der Waals surface area contributed by atoms with E-state index in [4.69, 9.17) is 9.47 Å². The van der Waals surface area contributed by atoms with Gasteiger partial charge in [0.05, 0.1) is 13.2 Å². The lowest BCUT2D eigenvalue weighted by Crippen LogP contribution is -2.51. The Bertz CT molecular complexity index is 890. The Labute approximate surface area is 165 Å². The summed E-state index contributed by atoms with van der Waals surface area (Å²) in [6.07, 6.45) is 1.93. The molecule has 0 spiro atoms. The van der Waals surface area contributed by atoms with Crippen LogP contribution < -0.4 is 0 Å². The number of para-hydroxylation sites is 1. The summed E-state index contributed by atoms with van der Waals surface area (Å²) < 4.78 is 12.7. The Morgan fingerprint density at radius 2 is 2.04 bits per heavy atom. The van der Waals surface area contributed by atoms with Crippen molar-refractivity contribution in [2.24, 2.45) is 11.8 Å². The summed E-state index contributed by atoms with van der Waals surface area (Å²) in [7, 11) is 1.48. The Morgan fingerprint density at radius 1 is 1.25 bits per heavy atom. The third-order valence-electron chi connectivity index (χ3n) is 6.46. The van der Waals surface area contributed by atoms with E-state index in [-0.39, 0.29) is 29.9 Å². The van der Waals surface area contributed by atoms with E-state index >= 15 is 0 Å². The molecule has 1 fully saturated rings. The minimum Gasteiger partial charge on any atom is -0.467 e. The molecule has 1 aromatic heterocycles. The number of hydrogen-bond acceptors (Lipinski definition) is 5. The molecule has 0 aliphatic carbocycles. The Balaban J connectivity index is 1.79. The molecule has 6 nitrogen and oxygen atoms in total. The van der Waals surface area contributed by atoms with Gasteiger partial charge in [0.1, 0.15) is 12.6 Å². The van der Waals surface area contributed by atoms with E-state index < -0.39 is 0 Å². The number of hydrogen-bond donors (Lipinski definition) is 0. The lowest BCUT2D eigenvalue weighted by atomic mass is 9.73. The van der Waals surface area contributed by atoms with E-state index in [0.717, 1.165) is 36.0 Å². The van der Waals surface area contributed by atoms with Crippen LogP contribution in [-0.4, -0.2) is 48.2 Å². The zero-order valence-electron chi connectivity index (χ0n) is 16.8. The van der Waals surface area contributed by atoms with Crippen LogP contribution in [0.25, 0.3) is 10.9 Å². The summed E-state index contributed by atoms with van der Waals surface area (Å²) in [6, 6.07) is 10.4. The highest BCUT2D eigenvalue weighted by Gasteiger charge is 2.48. The number of methoxy groups -OCH3 is 1. The number of fused-ring (bicyclic) bond motifs is 6. The van der Waals surface area contributed by atoms with Gasteiger partial charge in [0.25, 0.3) is 0 Å². The molecule has 4 rings (SSSR count). The van der Waals surface area contributed by atoms with Crippen LogP contribution in [0, 0.1) is 11.8 Å². The quantitative estimate of drug-likeness (QED) is 0.740.